The summed E-state index contributed by atoms with van der Waals surface area (Å²) >= 11 is 0. The summed E-state index contributed by atoms with van der Waals surface area (Å²) < 4.78 is 47.9. The zero-order valence-corrected chi connectivity index (χ0v) is 7.89. The molecule has 78 valence electrons. The van der Waals surface area contributed by atoms with Gasteiger partial charge in [-0.05, 0) is 12.1 Å². The summed E-state index contributed by atoms with van der Waals surface area (Å²) in [5.74, 6) is -2.56. The highest BCUT2D eigenvalue weighted by Gasteiger charge is 2.18. The monoisotopic (exact) mass is 222 g/mol. The van der Waals surface area contributed by atoms with E-state index in [9.17, 15) is 17.2 Å². The summed E-state index contributed by atoms with van der Waals surface area (Å²) in [5.41, 5.74) is 0. The third-order valence-electron chi connectivity index (χ3n) is 1.59. The van der Waals surface area contributed by atoms with E-state index >= 15 is 0 Å². The van der Waals surface area contributed by atoms with E-state index in [1.807, 2.05) is 0 Å². The maximum absolute atomic E-state index is 13.0. The van der Waals surface area contributed by atoms with Crippen LogP contribution in [0.1, 0.15) is 0 Å². The first-order valence-electron chi connectivity index (χ1n) is 3.76. The molecule has 0 heterocycles. The van der Waals surface area contributed by atoms with Crippen molar-refractivity contribution in [2.45, 2.75) is 4.90 Å². The van der Waals surface area contributed by atoms with Gasteiger partial charge in [0.1, 0.15) is 16.5 Å². The van der Waals surface area contributed by atoms with Crippen LogP contribution in [0, 0.1) is 11.6 Å². The standard InChI is InChI=1S/C8H8F2O3S/c9-6-1-2-8(7(10)5-6)14(12,13)4-3-11/h1-2,5,11H,3-4H2. The van der Waals surface area contributed by atoms with Crippen molar-refractivity contribution in [2.24, 2.45) is 0 Å². The van der Waals surface area contributed by atoms with Crippen LogP contribution in [0.15, 0.2) is 23.1 Å². The number of hydrogen-bond donors (Lipinski definition) is 1. The quantitative estimate of drug-likeness (QED) is 0.767. The Morgan fingerprint density at radius 3 is 2.43 bits per heavy atom. The molecule has 0 radical (unpaired) electrons. The number of hydrogen-bond acceptors (Lipinski definition) is 3. The van der Waals surface area contributed by atoms with E-state index in [2.05, 4.69) is 0 Å². The van der Waals surface area contributed by atoms with Crippen LogP contribution in [0.3, 0.4) is 0 Å². The summed E-state index contributed by atoms with van der Waals surface area (Å²) in [6.07, 6.45) is 0. The van der Waals surface area contributed by atoms with Crippen molar-refractivity contribution in [1.82, 2.24) is 0 Å². The van der Waals surface area contributed by atoms with Gasteiger partial charge in [-0.2, -0.15) is 0 Å². The lowest BCUT2D eigenvalue weighted by atomic mass is 10.3. The molecule has 0 amide bonds. The van der Waals surface area contributed by atoms with Gasteiger partial charge in [-0.25, -0.2) is 17.2 Å². The van der Waals surface area contributed by atoms with Crippen molar-refractivity contribution >= 4 is 9.84 Å². The van der Waals surface area contributed by atoms with Gasteiger partial charge in [-0.15, -0.1) is 0 Å². The maximum Gasteiger partial charge on any atom is 0.183 e. The lowest BCUT2D eigenvalue weighted by Crippen LogP contribution is -2.11. The number of benzene rings is 1. The normalized spacial score (nSPS) is 11.6. The number of aliphatic hydroxyl groups is 1. The van der Waals surface area contributed by atoms with Crippen LogP contribution in [0.4, 0.5) is 8.78 Å². The Morgan fingerprint density at radius 2 is 1.93 bits per heavy atom. The fourth-order valence-electron chi connectivity index (χ4n) is 0.958. The number of rotatable bonds is 3. The Hall–Kier alpha value is -1.01. The van der Waals surface area contributed by atoms with Crippen molar-refractivity contribution in [3.63, 3.8) is 0 Å². The molecule has 0 saturated heterocycles. The van der Waals surface area contributed by atoms with Crippen molar-refractivity contribution in [3.05, 3.63) is 29.8 Å². The molecule has 0 unspecified atom stereocenters. The molecule has 1 rings (SSSR count). The summed E-state index contributed by atoms with van der Waals surface area (Å²) in [5, 5.41) is 8.43. The first-order valence-corrected chi connectivity index (χ1v) is 5.41. The molecule has 0 aliphatic rings. The molecule has 1 N–H and O–H groups in total. The minimum absolute atomic E-state index is 0.490. The van der Waals surface area contributed by atoms with E-state index in [-0.39, 0.29) is 0 Å². The van der Waals surface area contributed by atoms with Crippen LogP contribution in [-0.4, -0.2) is 25.9 Å². The van der Waals surface area contributed by atoms with Crippen LogP contribution in [0.2, 0.25) is 0 Å². The highest BCUT2D eigenvalue weighted by Crippen LogP contribution is 2.16. The van der Waals surface area contributed by atoms with Gasteiger partial charge in [0.2, 0.25) is 0 Å². The Labute approximate surface area is 79.9 Å². The summed E-state index contributed by atoms with van der Waals surface area (Å²) in [4.78, 5) is -0.590. The van der Waals surface area contributed by atoms with E-state index in [1.165, 1.54) is 0 Å². The molecule has 0 fully saturated rings. The average Bonchev–Trinajstić information content (AvgIpc) is 2.02. The molecule has 14 heavy (non-hydrogen) atoms. The van der Waals surface area contributed by atoms with E-state index in [0.717, 1.165) is 12.1 Å². The summed E-state index contributed by atoms with van der Waals surface area (Å²) in [6, 6.07) is 2.19. The van der Waals surface area contributed by atoms with E-state index in [1.54, 1.807) is 0 Å². The average molecular weight is 222 g/mol. The zero-order valence-electron chi connectivity index (χ0n) is 7.07. The lowest BCUT2D eigenvalue weighted by molar-refractivity contribution is 0.319. The third kappa shape index (κ3) is 2.27. The molecular weight excluding hydrogens is 214 g/mol. The molecule has 6 heteroatoms. The molecule has 1 aromatic rings. The Morgan fingerprint density at radius 1 is 1.29 bits per heavy atom. The minimum Gasteiger partial charge on any atom is -0.395 e. The molecule has 0 bridgehead atoms. The Bertz CT molecular complexity index is 428. The SMILES string of the molecule is O=S(=O)(CCO)c1ccc(F)cc1F. The summed E-state index contributed by atoms with van der Waals surface area (Å²) in [6.45, 7) is -0.598. The molecule has 3 nitrogen and oxygen atoms in total. The van der Waals surface area contributed by atoms with Crippen molar-refractivity contribution in [1.29, 1.82) is 0 Å². The van der Waals surface area contributed by atoms with Gasteiger partial charge in [0, 0.05) is 6.07 Å². The molecule has 0 saturated carbocycles. The third-order valence-corrected chi connectivity index (χ3v) is 3.31. The second-order valence-corrected chi connectivity index (χ2v) is 4.69. The van der Waals surface area contributed by atoms with Crippen LogP contribution in [0.5, 0.6) is 0 Å². The molecule has 0 aliphatic carbocycles. The molecule has 0 spiro atoms. The second kappa shape index (κ2) is 4.02. The smallest absolute Gasteiger partial charge is 0.183 e. The topological polar surface area (TPSA) is 54.4 Å². The van der Waals surface area contributed by atoms with Gasteiger partial charge in [-0.1, -0.05) is 0 Å². The maximum atomic E-state index is 13.0. The molecule has 0 aliphatic heterocycles. The van der Waals surface area contributed by atoms with Gasteiger partial charge >= 0.3 is 0 Å². The van der Waals surface area contributed by atoms with Crippen LogP contribution in [0.25, 0.3) is 0 Å². The largest absolute Gasteiger partial charge is 0.395 e. The second-order valence-electron chi connectivity index (χ2n) is 2.62. The number of sulfone groups is 1. The van der Waals surface area contributed by atoms with Crippen LogP contribution in [-0.2, 0) is 9.84 Å². The van der Waals surface area contributed by atoms with Gasteiger partial charge in [-0.3, -0.25) is 0 Å². The molecule has 1 aromatic carbocycles. The summed E-state index contributed by atoms with van der Waals surface area (Å²) in [7, 11) is -3.85. The van der Waals surface area contributed by atoms with E-state index < -0.39 is 38.7 Å². The predicted octanol–water partition coefficient (Wildman–Crippen LogP) is 0.731. The Balaban J connectivity index is 3.20. The van der Waals surface area contributed by atoms with Crippen molar-refractivity contribution < 1.29 is 22.3 Å². The first-order chi connectivity index (χ1) is 6.47. The van der Waals surface area contributed by atoms with Crippen molar-refractivity contribution in [3.8, 4) is 0 Å². The molecular formula is C8H8F2O3S. The van der Waals surface area contributed by atoms with Crippen molar-refractivity contribution in [2.75, 3.05) is 12.4 Å². The Kier molecular flexibility index (Phi) is 3.17. The van der Waals surface area contributed by atoms with Gasteiger partial charge in [0.25, 0.3) is 0 Å². The van der Waals surface area contributed by atoms with Gasteiger partial charge in [0.05, 0.1) is 12.4 Å². The first kappa shape index (κ1) is 11.1. The van der Waals surface area contributed by atoms with E-state index in [0.29, 0.717) is 6.07 Å². The van der Waals surface area contributed by atoms with Gasteiger partial charge < -0.3 is 5.11 Å². The zero-order chi connectivity index (χ0) is 10.8. The van der Waals surface area contributed by atoms with Crippen LogP contribution >= 0.6 is 0 Å². The molecule has 0 aromatic heterocycles. The van der Waals surface area contributed by atoms with Crippen LogP contribution < -0.4 is 0 Å². The fraction of sp³-hybridized carbons (Fsp3) is 0.250. The number of aliphatic hydroxyl groups excluding tert-OH is 1. The fourth-order valence-corrected chi connectivity index (χ4v) is 2.05. The van der Waals surface area contributed by atoms with E-state index in [4.69, 9.17) is 5.11 Å². The highest BCUT2D eigenvalue weighted by molar-refractivity contribution is 7.91. The molecule has 0 atom stereocenters. The van der Waals surface area contributed by atoms with Gasteiger partial charge in [0.15, 0.2) is 9.84 Å². The minimum atomic E-state index is -3.85. The number of halogens is 2. The highest BCUT2D eigenvalue weighted by atomic mass is 32.2. The predicted molar refractivity (Wildman–Crippen MR) is 45.5 cm³/mol. The lowest BCUT2D eigenvalue weighted by Gasteiger charge is -2.03.